The number of nitrogens with one attached hydrogen (secondary N) is 2. The van der Waals surface area contributed by atoms with Crippen molar-refractivity contribution in [2.75, 3.05) is 5.32 Å². The van der Waals surface area contributed by atoms with Crippen LogP contribution in [0, 0.1) is 5.41 Å². The van der Waals surface area contributed by atoms with Crippen LogP contribution in [0.2, 0.25) is 0 Å². The van der Waals surface area contributed by atoms with Gasteiger partial charge in [0.15, 0.2) is 0 Å². The molecule has 0 aliphatic carbocycles. The zero-order valence-electron chi connectivity index (χ0n) is 15.2. The number of amides is 1. The molecule has 0 saturated heterocycles. The summed E-state index contributed by atoms with van der Waals surface area (Å²) in [7, 11) is 0. The van der Waals surface area contributed by atoms with Crippen LogP contribution in [0.1, 0.15) is 43.6 Å². The number of anilines is 1. The first-order valence-corrected chi connectivity index (χ1v) is 8.50. The Morgan fingerprint density at radius 1 is 1.00 bits per heavy atom. The first-order chi connectivity index (χ1) is 11.8. The van der Waals surface area contributed by atoms with Crippen LogP contribution >= 0.6 is 0 Å². The minimum Gasteiger partial charge on any atom is -0.361 e. The Labute approximate surface area is 148 Å². The van der Waals surface area contributed by atoms with Crippen LogP contribution in [-0.4, -0.2) is 10.9 Å². The van der Waals surface area contributed by atoms with Crippen molar-refractivity contribution in [2.24, 2.45) is 5.41 Å². The van der Waals surface area contributed by atoms with Gasteiger partial charge in [0.25, 0.3) is 5.91 Å². The van der Waals surface area contributed by atoms with Gasteiger partial charge in [0, 0.05) is 28.4 Å². The second kappa shape index (κ2) is 6.60. The number of benzene rings is 2. The summed E-state index contributed by atoms with van der Waals surface area (Å²) in [6.45, 7) is 8.64. The highest BCUT2D eigenvalue weighted by molar-refractivity contribution is 6.05. The summed E-state index contributed by atoms with van der Waals surface area (Å²) in [6.07, 6.45) is 4.14. The van der Waals surface area contributed by atoms with E-state index >= 15 is 0 Å². The quantitative estimate of drug-likeness (QED) is 0.619. The fraction of sp³-hybridized carbons (Fsp3) is 0.227. The van der Waals surface area contributed by atoms with Crippen molar-refractivity contribution in [3.8, 4) is 0 Å². The van der Waals surface area contributed by atoms with E-state index in [1.165, 1.54) is 5.57 Å². The highest BCUT2D eigenvalue weighted by atomic mass is 16.1. The van der Waals surface area contributed by atoms with E-state index in [1.54, 1.807) is 0 Å². The number of carbonyl (C=O) groups is 1. The van der Waals surface area contributed by atoms with Gasteiger partial charge in [-0.25, -0.2) is 0 Å². The molecule has 3 rings (SSSR count). The molecule has 1 amide bonds. The number of rotatable bonds is 3. The molecule has 0 bridgehead atoms. The third kappa shape index (κ3) is 4.18. The van der Waals surface area contributed by atoms with E-state index in [4.69, 9.17) is 0 Å². The molecule has 0 radical (unpaired) electrons. The Bertz CT molecular complexity index is 925. The smallest absolute Gasteiger partial charge is 0.255 e. The molecule has 3 nitrogen and oxygen atoms in total. The number of aromatic amines is 1. The van der Waals surface area contributed by atoms with Crippen LogP contribution in [0.4, 0.5) is 5.69 Å². The second-order valence-corrected chi connectivity index (χ2v) is 7.50. The molecule has 0 aliphatic heterocycles. The van der Waals surface area contributed by atoms with Gasteiger partial charge in [0.05, 0.1) is 0 Å². The minimum atomic E-state index is -0.0983. The van der Waals surface area contributed by atoms with Gasteiger partial charge in [-0.2, -0.15) is 0 Å². The molecule has 0 spiro atoms. The van der Waals surface area contributed by atoms with Crippen molar-refractivity contribution >= 4 is 28.1 Å². The lowest BCUT2D eigenvalue weighted by atomic mass is 9.91. The van der Waals surface area contributed by atoms with Crippen LogP contribution in [0.3, 0.4) is 0 Å². The first-order valence-electron chi connectivity index (χ1n) is 8.50. The highest BCUT2D eigenvalue weighted by Crippen LogP contribution is 2.24. The average Bonchev–Trinajstić information content (AvgIpc) is 3.01. The number of allylic oxidation sites excluding steroid dienone is 2. The third-order valence-corrected chi connectivity index (χ3v) is 4.06. The second-order valence-electron chi connectivity index (χ2n) is 7.50. The summed E-state index contributed by atoms with van der Waals surface area (Å²) < 4.78 is 0. The fourth-order valence-electron chi connectivity index (χ4n) is 2.95. The zero-order valence-corrected chi connectivity index (χ0v) is 15.2. The van der Waals surface area contributed by atoms with Gasteiger partial charge in [0.2, 0.25) is 0 Å². The monoisotopic (exact) mass is 332 g/mol. The summed E-state index contributed by atoms with van der Waals surface area (Å²) in [6, 6.07) is 15.6. The highest BCUT2D eigenvalue weighted by Gasteiger charge is 2.09. The molecule has 0 aliphatic rings. The maximum atomic E-state index is 12.5. The molecular weight excluding hydrogens is 308 g/mol. The van der Waals surface area contributed by atoms with Crippen LogP contribution in [-0.2, 0) is 0 Å². The van der Waals surface area contributed by atoms with E-state index in [0.29, 0.717) is 5.56 Å². The molecule has 128 valence electrons. The lowest BCUT2D eigenvalue weighted by Crippen LogP contribution is -2.11. The zero-order chi connectivity index (χ0) is 18.0. The molecule has 3 heteroatoms. The van der Waals surface area contributed by atoms with E-state index in [-0.39, 0.29) is 11.3 Å². The topological polar surface area (TPSA) is 44.9 Å². The molecule has 0 fully saturated rings. The lowest BCUT2D eigenvalue weighted by Gasteiger charge is -2.14. The Morgan fingerprint density at radius 3 is 2.36 bits per heavy atom. The molecule has 2 aromatic carbocycles. The normalized spacial score (nSPS) is 12.4. The predicted molar refractivity (Wildman–Crippen MR) is 106 cm³/mol. The molecule has 0 saturated carbocycles. The molecule has 0 atom stereocenters. The van der Waals surface area contributed by atoms with Crippen molar-refractivity contribution in [2.45, 2.75) is 27.7 Å². The maximum Gasteiger partial charge on any atom is 0.255 e. The number of fused-ring (bicyclic) bond motifs is 1. The van der Waals surface area contributed by atoms with E-state index in [2.05, 4.69) is 44.1 Å². The average molecular weight is 332 g/mol. The van der Waals surface area contributed by atoms with Crippen molar-refractivity contribution in [3.05, 3.63) is 71.9 Å². The molecule has 25 heavy (non-hydrogen) atoms. The Hall–Kier alpha value is -2.81. The molecule has 3 aromatic rings. The standard InChI is InChI=1S/C22H24N2O/c1-15(14-22(2,3)4)16-5-7-17(8-6-16)21(25)24-19-9-10-20-18(13-19)11-12-23-20/h5-14,23H,1-4H3,(H,24,25)/b15-14+. The molecule has 2 N–H and O–H groups in total. The number of H-pyrrole nitrogens is 1. The predicted octanol–water partition coefficient (Wildman–Crippen LogP) is 5.87. The summed E-state index contributed by atoms with van der Waals surface area (Å²) in [5.41, 5.74) is 5.00. The largest absolute Gasteiger partial charge is 0.361 e. The Kier molecular flexibility index (Phi) is 4.49. The van der Waals surface area contributed by atoms with Crippen molar-refractivity contribution < 1.29 is 4.79 Å². The van der Waals surface area contributed by atoms with Gasteiger partial charge in [-0.05, 0) is 59.9 Å². The van der Waals surface area contributed by atoms with Gasteiger partial charge in [-0.3, -0.25) is 4.79 Å². The van der Waals surface area contributed by atoms with Crippen LogP contribution in [0.5, 0.6) is 0 Å². The first kappa shape index (κ1) is 17.0. The van der Waals surface area contributed by atoms with Gasteiger partial charge in [-0.1, -0.05) is 39.0 Å². The van der Waals surface area contributed by atoms with E-state index in [0.717, 1.165) is 22.2 Å². The summed E-state index contributed by atoms with van der Waals surface area (Å²) in [5.74, 6) is -0.0983. The van der Waals surface area contributed by atoms with Crippen LogP contribution in [0.25, 0.3) is 16.5 Å². The van der Waals surface area contributed by atoms with E-state index < -0.39 is 0 Å². The molecule has 0 unspecified atom stereocenters. The van der Waals surface area contributed by atoms with Gasteiger partial charge in [-0.15, -0.1) is 0 Å². The maximum absolute atomic E-state index is 12.5. The fourth-order valence-corrected chi connectivity index (χ4v) is 2.95. The van der Waals surface area contributed by atoms with Gasteiger partial charge >= 0.3 is 0 Å². The number of aromatic nitrogens is 1. The molecule has 1 heterocycles. The number of hydrogen-bond donors (Lipinski definition) is 2. The number of hydrogen-bond acceptors (Lipinski definition) is 1. The van der Waals surface area contributed by atoms with Crippen LogP contribution < -0.4 is 5.32 Å². The van der Waals surface area contributed by atoms with Crippen molar-refractivity contribution in [1.29, 1.82) is 0 Å². The summed E-state index contributed by atoms with van der Waals surface area (Å²) >= 11 is 0. The van der Waals surface area contributed by atoms with Crippen molar-refractivity contribution in [1.82, 2.24) is 4.98 Å². The SMILES string of the molecule is C/C(=C\C(C)(C)C)c1ccc(C(=O)Nc2ccc3[nH]ccc3c2)cc1. The Balaban J connectivity index is 1.75. The van der Waals surface area contributed by atoms with Crippen molar-refractivity contribution in [3.63, 3.8) is 0 Å². The van der Waals surface area contributed by atoms with E-state index in [1.807, 2.05) is 54.7 Å². The van der Waals surface area contributed by atoms with Gasteiger partial charge < -0.3 is 10.3 Å². The molecule has 1 aromatic heterocycles. The minimum absolute atomic E-state index is 0.0983. The van der Waals surface area contributed by atoms with E-state index in [9.17, 15) is 4.79 Å². The third-order valence-electron chi connectivity index (χ3n) is 4.06. The summed E-state index contributed by atoms with van der Waals surface area (Å²) in [4.78, 5) is 15.6. The number of carbonyl (C=O) groups excluding carboxylic acids is 1. The van der Waals surface area contributed by atoms with Crippen LogP contribution in [0.15, 0.2) is 60.8 Å². The lowest BCUT2D eigenvalue weighted by molar-refractivity contribution is 0.102. The Morgan fingerprint density at radius 2 is 1.68 bits per heavy atom. The summed E-state index contributed by atoms with van der Waals surface area (Å²) in [5, 5.41) is 4.04. The molecular formula is C22H24N2O. The van der Waals surface area contributed by atoms with Gasteiger partial charge in [0.1, 0.15) is 0 Å².